The van der Waals surface area contributed by atoms with Gasteiger partial charge in [-0.25, -0.2) is 0 Å². The van der Waals surface area contributed by atoms with Crippen LogP contribution in [0.1, 0.15) is 67.5 Å². The van der Waals surface area contributed by atoms with Crippen molar-refractivity contribution in [2.75, 3.05) is 40.9 Å². The van der Waals surface area contributed by atoms with Gasteiger partial charge in [0, 0.05) is 80.0 Å². The molecule has 1 heterocycles. The van der Waals surface area contributed by atoms with Crippen LogP contribution in [-0.4, -0.2) is 37.4 Å². The summed E-state index contributed by atoms with van der Waals surface area (Å²) in [6.07, 6.45) is 25.5. The highest BCUT2D eigenvalue weighted by atomic mass is 33.1. The molecular formula is C52H61N4S2+. The number of nitrogens with zero attached hydrogens (tertiary/aromatic N) is 4. The number of anilines is 2. The molecule has 0 atom stereocenters. The Morgan fingerprint density at radius 2 is 1.03 bits per heavy atom. The topological polar surface area (TPSA) is 22.7 Å². The molecule has 4 aromatic carbocycles. The van der Waals surface area contributed by atoms with Crippen molar-refractivity contribution in [1.29, 1.82) is 0 Å². The Labute approximate surface area is 357 Å². The van der Waals surface area contributed by atoms with Gasteiger partial charge in [0.1, 0.15) is 6.54 Å². The number of hydrogen-bond acceptors (Lipinski definition) is 5. The molecule has 0 amide bonds. The first-order valence-corrected chi connectivity index (χ1v) is 23.4. The Morgan fingerprint density at radius 1 is 0.517 bits per heavy atom. The summed E-state index contributed by atoms with van der Waals surface area (Å²) in [5.41, 5.74) is 8.89. The maximum Gasteiger partial charge on any atom is 0.205 e. The lowest BCUT2D eigenvalue weighted by Gasteiger charge is -2.25. The zero-order valence-corrected chi connectivity index (χ0v) is 36.1. The maximum atomic E-state index is 4.19. The van der Waals surface area contributed by atoms with Gasteiger partial charge in [-0.2, -0.15) is 4.57 Å². The third-order valence-electron chi connectivity index (χ3n) is 9.71. The predicted molar refractivity (Wildman–Crippen MR) is 259 cm³/mol. The van der Waals surface area contributed by atoms with Crippen LogP contribution >= 0.6 is 21.6 Å². The molecule has 1 aromatic heterocycles. The normalized spacial score (nSPS) is 11.9. The first-order chi connectivity index (χ1) is 28.7. The van der Waals surface area contributed by atoms with Crippen LogP contribution in [0, 0.1) is 0 Å². The van der Waals surface area contributed by atoms with Gasteiger partial charge in [0.25, 0.3) is 0 Å². The summed E-state index contributed by atoms with van der Waals surface area (Å²) in [6.45, 7) is 9.93. The quantitative estimate of drug-likeness (QED) is 0.0193. The van der Waals surface area contributed by atoms with Crippen molar-refractivity contribution in [3.63, 3.8) is 0 Å². The largest absolute Gasteiger partial charge is 0.367 e. The maximum absolute atomic E-state index is 4.19. The smallest absolute Gasteiger partial charge is 0.205 e. The van der Waals surface area contributed by atoms with Crippen LogP contribution in [0.4, 0.5) is 11.4 Å². The SMILES string of the molecule is CCN=C\C=C/C=C/C=C/c1ccc(N(CCCCSSCCCCN(Cc2ccccc2)c2ccc(/C=C/c3cccc[n+]3CC)cc2)Cc2ccccc2)cc1. The molecule has 0 N–H and O–H groups in total. The van der Waals surface area contributed by atoms with Crippen LogP contribution < -0.4 is 14.4 Å². The van der Waals surface area contributed by atoms with E-state index in [9.17, 15) is 0 Å². The average molecular weight is 806 g/mol. The van der Waals surface area contributed by atoms with Crippen LogP contribution in [0.3, 0.4) is 0 Å². The molecule has 0 unspecified atom stereocenters. The summed E-state index contributed by atoms with van der Waals surface area (Å²) in [5.74, 6) is 2.37. The lowest BCUT2D eigenvalue weighted by atomic mass is 10.1. The van der Waals surface area contributed by atoms with Crippen molar-refractivity contribution in [1.82, 2.24) is 0 Å². The van der Waals surface area contributed by atoms with Crippen molar-refractivity contribution < 1.29 is 4.57 Å². The Balaban J connectivity index is 1.04. The molecule has 0 spiro atoms. The third kappa shape index (κ3) is 16.4. The molecule has 0 saturated heterocycles. The van der Waals surface area contributed by atoms with Gasteiger partial charge >= 0.3 is 0 Å². The van der Waals surface area contributed by atoms with E-state index < -0.39 is 0 Å². The minimum atomic E-state index is 0.813. The van der Waals surface area contributed by atoms with Crippen LogP contribution in [0.15, 0.2) is 169 Å². The van der Waals surface area contributed by atoms with Crippen molar-refractivity contribution in [2.24, 2.45) is 4.99 Å². The molecule has 0 radical (unpaired) electrons. The number of aromatic nitrogens is 1. The molecule has 0 saturated carbocycles. The van der Waals surface area contributed by atoms with E-state index in [-0.39, 0.29) is 0 Å². The number of aryl methyl sites for hydroxylation is 1. The van der Waals surface area contributed by atoms with Gasteiger partial charge in [-0.05, 0) is 104 Å². The molecule has 0 fully saturated rings. The highest BCUT2D eigenvalue weighted by Gasteiger charge is 2.10. The molecule has 4 nitrogen and oxygen atoms in total. The second kappa shape index (κ2) is 26.8. The van der Waals surface area contributed by atoms with Crippen molar-refractivity contribution >= 4 is 57.4 Å². The number of aliphatic imine (C=N–C) groups is 1. The lowest BCUT2D eigenvalue weighted by molar-refractivity contribution is -0.695. The average Bonchev–Trinajstić information content (AvgIpc) is 3.27. The van der Waals surface area contributed by atoms with E-state index >= 15 is 0 Å². The molecule has 58 heavy (non-hydrogen) atoms. The fourth-order valence-corrected chi connectivity index (χ4v) is 8.82. The highest BCUT2D eigenvalue weighted by Crippen LogP contribution is 2.26. The van der Waals surface area contributed by atoms with E-state index in [4.69, 9.17) is 0 Å². The number of unbranched alkanes of at least 4 members (excludes halogenated alkanes) is 2. The summed E-state index contributed by atoms with van der Waals surface area (Å²) < 4.78 is 2.26. The number of benzene rings is 4. The van der Waals surface area contributed by atoms with Crippen LogP contribution in [0.25, 0.3) is 18.2 Å². The molecular weight excluding hydrogens is 745 g/mol. The van der Waals surface area contributed by atoms with Crippen molar-refractivity contribution in [3.05, 3.63) is 192 Å². The van der Waals surface area contributed by atoms with Crippen molar-refractivity contribution in [3.8, 4) is 0 Å². The molecule has 0 aliphatic carbocycles. The highest BCUT2D eigenvalue weighted by molar-refractivity contribution is 8.76. The molecule has 0 aliphatic rings. The van der Waals surface area contributed by atoms with Crippen LogP contribution in [-0.2, 0) is 19.6 Å². The monoisotopic (exact) mass is 805 g/mol. The van der Waals surface area contributed by atoms with Gasteiger partial charge in [-0.15, -0.1) is 0 Å². The van der Waals surface area contributed by atoms with Gasteiger partial charge < -0.3 is 9.80 Å². The first kappa shape index (κ1) is 44.1. The van der Waals surface area contributed by atoms with E-state index in [1.54, 1.807) is 0 Å². The van der Waals surface area contributed by atoms with Crippen LogP contribution in [0.2, 0.25) is 0 Å². The van der Waals surface area contributed by atoms with E-state index in [1.807, 2.05) is 53.0 Å². The van der Waals surface area contributed by atoms with E-state index in [0.29, 0.717) is 0 Å². The molecule has 0 aliphatic heterocycles. The number of rotatable bonds is 25. The fraction of sp³-hybridized carbons (Fsp3) is 0.269. The standard InChI is InChI=1S/C52H61N4S2/c1-3-53-38-16-7-5-6-10-22-46-28-34-51(35-29-46)55(44-48-23-11-8-12-24-48)40-18-20-42-57-58-43-21-19-41-56(45-49-25-13-9-14-26-49)52-36-31-47(32-37-52)30-33-50-27-15-17-39-54(50)4-2/h5-17,22-39H,3-4,18-21,40-45H2,1-2H3/q+1/b6-5+,16-7-,22-10+,53-38?. The van der Waals surface area contributed by atoms with Gasteiger partial charge in [0.2, 0.25) is 5.69 Å². The number of allylic oxidation sites excluding steroid dienone is 5. The second-order valence-corrected chi connectivity index (χ2v) is 16.8. The minimum absolute atomic E-state index is 0.813. The number of hydrogen-bond donors (Lipinski definition) is 0. The molecule has 6 heteroatoms. The summed E-state index contributed by atoms with van der Waals surface area (Å²) in [5, 5.41) is 0. The molecule has 300 valence electrons. The Hall–Kier alpha value is -5.04. The minimum Gasteiger partial charge on any atom is -0.367 e. The molecule has 5 aromatic rings. The Bertz CT molecular complexity index is 2000. The van der Waals surface area contributed by atoms with Gasteiger partial charge in [-0.3, -0.25) is 4.99 Å². The number of pyridine rings is 1. The van der Waals surface area contributed by atoms with Gasteiger partial charge in [0.05, 0.1) is 0 Å². The summed E-state index contributed by atoms with van der Waals surface area (Å²) in [4.78, 5) is 9.26. The summed E-state index contributed by atoms with van der Waals surface area (Å²) >= 11 is 0. The Kier molecular flexibility index (Phi) is 20.4. The van der Waals surface area contributed by atoms with Crippen molar-refractivity contribution in [2.45, 2.75) is 59.2 Å². The van der Waals surface area contributed by atoms with E-state index in [1.165, 1.54) is 76.5 Å². The summed E-state index contributed by atoms with van der Waals surface area (Å²) in [6, 6.07) is 46.1. The van der Waals surface area contributed by atoms with E-state index in [2.05, 4.69) is 190 Å². The first-order valence-electron chi connectivity index (χ1n) is 20.9. The molecule has 0 bridgehead atoms. The third-order valence-corrected chi connectivity index (χ3v) is 12.3. The van der Waals surface area contributed by atoms with E-state index in [0.717, 1.165) is 39.3 Å². The fourth-order valence-electron chi connectivity index (χ4n) is 6.53. The predicted octanol–water partition coefficient (Wildman–Crippen LogP) is 13.0. The lowest BCUT2D eigenvalue weighted by Crippen LogP contribution is -2.34. The summed E-state index contributed by atoms with van der Waals surface area (Å²) in [7, 11) is 4.08. The van der Waals surface area contributed by atoms with Gasteiger partial charge in [0.15, 0.2) is 6.20 Å². The zero-order valence-electron chi connectivity index (χ0n) is 34.5. The molecule has 5 rings (SSSR count). The Morgan fingerprint density at radius 3 is 1.59 bits per heavy atom. The zero-order chi connectivity index (χ0) is 40.3. The second-order valence-electron chi connectivity index (χ2n) is 14.1. The van der Waals surface area contributed by atoms with Crippen LogP contribution in [0.5, 0.6) is 0 Å². The van der Waals surface area contributed by atoms with Gasteiger partial charge in [-0.1, -0.05) is 137 Å².